The van der Waals surface area contributed by atoms with Gasteiger partial charge in [0, 0.05) is 39.8 Å². The number of nitrogens with one attached hydrogen (secondary N) is 2. The number of carbonyl (C=O) groups is 1. The summed E-state index contributed by atoms with van der Waals surface area (Å²) in [7, 11) is 1.61. The fourth-order valence-corrected chi connectivity index (χ4v) is 3.59. The van der Waals surface area contributed by atoms with Crippen LogP contribution < -0.4 is 10.9 Å². The molecule has 0 aromatic carbocycles. The molecule has 8 nitrogen and oxygen atoms in total. The highest BCUT2D eigenvalue weighted by Crippen LogP contribution is 2.14. The highest BCUT2D eigenvalue weighted by Gasteiger charge is 2.19. The maximum atomic E-state index is 12.0. The lowest BCUT2D eigenvalue weighted by Crippen LogP contribution is -2.49. The Kier molecular flexibility index (Phi) is 6.14. The van der Waals surface area contributed by atoms with Crippen LogP contribution in [-0.2, 0) is 16.1 Å². The Morgan fingerprint density at radius 2 is 2.12 bits per heavy atom. The van der Waals surface area contributed by atoms with Crippen molar-refractivity contribution in [3.05, 3.63) is 27.6 Å². The second-order valence-electron chi connectivity index (χ2n) is 6.04. The Balaban J connectivity index is 1.47. The van der Waals surface area contributed by atoms with Gasteiger partial charge in [0.1, 0.15) is 10.5 Å². The number of ether oxygens (including phenoxy) is 1. The number of fused-ring (bicyclic) bond motifs is 1. The van der Waals surface area contributed by atoms with Gasteiger partial charge in [0.25, 0.3) is 5.56 Å². The van der Waals surface area contributed by atoms with E-state index in [1.807, 2.05) is 11.4 Å². The third-order valence-corrected chi connectivity index (χ3v) is 5.10. The van der Waals surface area contributed by atoms with Crippen LogP contribution in [0.2, 0.25) is 0 Å². The van der Waals surface area contributed by atoms with Crippen LogP contribution in [0.5, 0.6) is 0 Å². The number of aromatic amines is 1. The van der Waals surface area contributed by atoms with E-state index in [2.05, 4.69) is 25.1 Å². The molecule has 0 atom stereocenters. The van der Waals surface area contributed by atoms with E-state index >= 15 is 0 Å². The molecule has 0 saturated carbocycles. The quantitative estimate of drug-likeness (QED) is 0.664. The Morgan fingerprint density at radius 1 is 1.36 bits per heavy atom. The molecule has 25 heavy (non-hydrogen) atoms. The zero-order valence-electron chi connectivity index (χ0n) is 14.3. The van der Waals surface area contributed by atoms with Crippen molar-refractivity contribution in [3.8, 4) is 0 Å². The van der Waals surface area contributed by atoms with Gasteiger partial charge in [-0.25, -0.2) is 4.98 Å². The number of methoxy groups -OCH3 is 1. The molecule has 3 rings (SSSR count). The van der Waals surface area contributed by atoms with E-state index in [4.69, 9.17) is 4.74 Å². The van der Waals surface area contributed by atoms with E-state index in [1.54, 1.807) is 7.11 Å². The summed E-state index contributed by atoms with van der Waals surface area (Å²) in [5.41, 5.74) is 0.691. The lowest BCUT2D eigenvalue weighted by atomic mass is 10.3. The van der Waals surface area contributed by atoms with Gasteiger partial charge in [-0.2, -0.15) is 0 Å². The van der Waals surface area contributed by atoms with Crippen molar-refractivity contribution < 1.29 is 9.53 Å². The van der Waals surface area contributed by atoms with Gasteiger partial charge in [-0.05, 0) is 11.4 Å². The molecule has 0 aliphatic carbocycles. The molecular weight excluding hydrogens is 342 g/mol. The average Bonchev–Trinajstić information content (AvgIpc) is 3.06. The fraction of sp³-hybridized carbons (Fsp3) is 0.562. The van der Waals surface area contributed by atoms with Crippen LogP contribution in [0.1, 0.15) is 5.82 Å². The summed E-state index contributed by atoms with van der Waals surface area (Å²) in [6, 6.07) is 1.87. The van der Waals surface area contributed by atoms with Gasteiger partial charge < -0.3 is 15.0 Å². The van der Waals surface area contributed by atoms with E-state index in [1.165, 1.54) is 11.3 Å². The van der Waals surface area contributed by atoms with Gasteiger partial charge in [0.05, 0.1) is 25.2 Å². The van der Waals surface area contributed by atoms with Crippen molar-refractivity contribution in [1.29, 1.82) is 0 Å². The summed E-state index contributed by atoms with van der Waals surface area (Å²) in [4.78, 5) is 35.6. The SMILES string of the molecule is COCCNC(=O)CN1CCN(Cc2nc3ccsc3c(=O)[nH]2)CC1. The summed E-state index contributed by atoms with van der Waals surface area (Å²) in [6.45, 7) is 5.43. The second kappa shape index (κ2) is 8.52. The maximum Gasteiger partial charge on any atom is 0.268 e. The number of thiophene rings is 1. The molecule has 0 bridgehead atoms. The first kappa shape index (κ1) is 18.0. The number of hydrogen-bond acceptors (Lipinski definition) is 7. The summed E-state index contributed by atoms with van der Waals surface area (Å²) >= 11 is 1.41. The first-order valence-electron chi connectivity index (χ1n) is 8.32. The van der Waals surface area contributed by atoms with Crippen molar-refractivity contribution in [2.75, 3.05) is 53.0 Å². The fourth-order valence-electron chi connectivity index (χ4n) is 2.87. The van der Waals surface area contributed by atoms with Gasteiger partial charge in [-0.15, -0.1) is 11.3 Å². The second-order valence-corrected chi connectivity index (χ2v) is 6.96. The van der Waals surface area contributed by atoms with Gasteiger partial charge in [-0.1, -0.05) is 0 Å². The molecular formula is C16H23N5O3S. The Morgan fingerprint density at radius 3 is 2.88 bits per heavy atom. The molecule has 9 heteroatoms. The topological polar surface area (TPSA) is 90.6 Å². The summed E-state index contributed by atoms with van der Waals surface area (Å²) < 4.78 is 5.59. The van der Waals surface area contributed by atoms with Crippen LogP contribution >= 0.6 is 11.3 Å². The highest BCUT2D eigenvalue weighted by molar-refractivity contribution is 7.17. The summed E-state index contributed by atoms with van der Waals surface area (Å²) in [5, 5.41) is 4.72. The molecule has 0 radical (unpaired) electrons. The number of aromatic nitrogens is 2. The molecule has 1 amide bonds. The van der Waals surface area contributed by atoms with E-state index in [0.717, 1.165) is 31.7 Å². The number of hydrogen-bond donors (Lipinski definition) is 2. The van der Waals surface area contributed by atoms with Crippen LogP contribution in [-0.4, -0.2) is 78.7 Å². The minimum absolute atomic E-state index is 0.0272. The Bertz CT molecular complexity index is 766. The van der Waals surface area contributed by atoms with Crippen LogP contribution in [0.15, 0.2) is 16.2 Å². The van der Waals surface area contributed by atoms with E-state index in [0.29, 0.717) is 36.8 Å². The molecule has 0 unspecified atom stereocenters. The minimum Gasteiger partial charge on any atom is -0.383 e. The van der Waals surface area contributed by atoms with Crippen LogP contribution in [0.3, 0.4) is 0 Å². The lowest BCUT2D eigenvalue weighted by molar-refractivity contribution is -0.122. The predicted molar refractivity (Wildman–Crippen MR) is 96.8 cm³/mol. The minimum atomic E-state index is -0.0682. The number of piperazine rings is 1. The normalized spacial score (nSPS) is 16.4. The molecule has 2 aromatic heterocycles. The van der Waals surface area contributed by atoms with Gasteiger partial charge in [0.15, 0.2) is 0 Å². The molecule has 1 saturated heterocycles. The van der Waals surface area contributed by atoms with Crippen LogP contribution in [0.25, 0.3) is 10.2 Å². The molecule has 2 N–H and O–H groups in total. The molecule has 0 spiro atoms. The Labute approximate surface area is 149 Å². The van der Waals surface area contributed by atoms with Crippen molar-refractivity contribution in [1.82, 2.24) is 25.1 Å². The number of nitrogens with zero attached hydrogens (tertiary/aromatic N) is 3. The third kappa shape index (κ3) is 4.85. The predicted octanol–water partition coefficient (Wildman–Crippen LogP) is -0.135. The third-order valence-electron chi connectivity index (χ3n) is 4.20. The van der Waals surface area contributed by atoms with Gasteiger partial charge in [-0.3, -0.25) is 19.4 Å². The average molecular weight is 365 g/mol. The summed E-state index contributed by atoms with van der Waals surface area (Å²) in [6.07, 6.45) is 0. The van der Waals surface area contributed by atoms with E-state index in [-0.39, 0.29) is 11.5 Å². The largest absolute Gasteiger partial charge is 0.383 e. The number of carbonyl (C=O) groups excluding carboxylic acids is 1. The molecule has 1 fully saturated rings. The molecule has 3 heterocycles. The molecule has 136 valence electrons. The molecule has 2 aromatic rings. The monoisotopic (exact) mass is 365 g/mol. The van der Waals surface area contributed by atoms with Crippen molar-refractivity contribution in [2.24, 2.45) is 0 Å². The van der Waals surface area contributed by atoms with Crippen LogP contribution in [0, 0.1) is 0 Å². The molecule has 1 aliphatic rings. The lowest BCUT2D eigenvalue weighted by Gasteiger charge is -2.33. The first-order chi connectivity index (χ1) is 12.2. The standard InChI is InChI=1S/C16H23N5O3S/c1-24-8-3-17-14(22)11-21-6-4-20(5-7-21)10-13-18-12-2-9-25-15(12)16(23)19-13/h2,9H,3-8,10-11H2,1H3,(H,17,22)(H,18,19,23). The highest BCUT2D eigenvalue weighted by atomic mass is 32.1. The zero-order valence-corrected chi connectivity index (χ0v) is 15.1. The van der Waals surface area contributed by atoms with Crippen molar-refractivity contribution in [3.63, 3.8) is 0 Å². The maximum absolute atomic E-state index is 12.0. The Hall–Kier alpha value is -1.81. The summed E-state index contributed by atoms with van der Waals surface area (Å²) in [5.74, 6) is 0.723. The van der Waals surface area contributed by atoms with Crippen molar-refractivity contribution >= 4 is 27.5 Å². The van der Waals surface area contributed by atoms with Crippen molar-refractivity contribution in [2.45, 2.75) is 6.54 Å². The molecule has 1 aliphatic heterocycles. The number of H-pyrrole nitrogens is 1. The first-order valence-corrected chi connectivity index (χ1v) is 9.20. The van der Waals surface area contributed by atoms with E-state index in [9.17, 15) is 9.59 Å². The van der Waals surface area contributed by atoms with Gasteiger partial charge in [0.2, 0.25) is 5.91 Å². The van der Waals surface area contributed by atoms with Gasteiger partial charge >= 0.3 is 0 Å². The van der Waals surface area contributed by atoms with E-state index < -0.39 is 0 Å². The van der Waals surface area contributed by atoms with Crippen LogP contribution in [0.4, 0.5) is 0 Å². The number of amides is 1. The number of rotatable bonds is 7. The smallest absolute Gasteiger partial charge is 0.268 e. The zero-order chi connectivity index (χ0) is 17.6.